The molecule has 2 aromatic carbocycles. The van der Waals surface area contributed by atoms with Crippen molar-refractivity contribution in [2.75, 3.05) is 26.6 Å². The van der Waals surface area contributed by atoms with Gasteiger partial charge < -0.3 is 19.7 Å². The number of nitrogens with zero attached hydrogens (tertiary/aromatic N) is 2. The zero-order chi connectivity index (χ0) is 23.3. The standard InChI is InChI=1S/C20H22F3N3O5/c1-12(24-15-7-6-14(20(21,22)23)10-16(15)26(28)29)19(27)25(2)11-13-5-8-17(30-3)18(9-13)31-4/h5-10,12,24H,11H2,1-4H3/t12-/m0/s1. The molecular formula is C20H22F3N3O5. The topological polar surface area (TPSA) is 93.9 Å². The van der Waals surface area contributed by atoms with Crippen molar-refractivity contribution in [1.29, 1.82) is 0 Å². The molecule has 0 aliphatic carbocycles. The maximum absolute atomic E-state index is 12.8. The number of likely N-dealkylation sites (N-methyl/N-ethyl adjacent to an activating group) is 1. The summed E-state index contributed by atoms with van der Waals surface area (Å²) in [5, 5.41) is 13.9. The minimum absolute atomic E-state index is 0.182. The Morgan fingerprint density at radius 3 is 2.35 bits per heavy atom. The Kier molecular flexibility index (Phi) is 7.32. The van der Waals surface area contributed by atoms with E-state index in [4.69, 9.17) is 9.47 Å². The number of amides is 1. The van der Waals surface area contributed by atoms with Gasteiger partial charge in [-0.15, -0.1) is 0 Å². The van der Waals surface area contributed by atoms with Crippen molar-refractivity contribution < 1.29 is 32.4 Å². The van der Waals surface area contributed by atoms with Gasteiger partial charge in [0, 0.05) is 19.7 Å². The number of nitro benzene ring substituents is 1. The Morgan fingerprint density at radius 1 is 1.16 bits per heavy atom. The van der Waals surface area contributed by atoms with Crippen LogP contribution in [0.15, 0.2) is 36.4 Å². The first kappa shape index (κ1) is 23.8. The number of rotatable bonds is 8. The number of nitro groups is 1. The van der Waals surface area contributed by atoms with Crippen LogP contribution in [-0.2, 0) is 17.5 Å². The van der Waals surface area contributed by atoms with E-state index in [0.717, 1.165) is 17.7 Å². The summed E-state index contributed by atoms with van der Waals surface area (Å²) in [7, 11) is 4.53. The molecule has 0 saturated heterocycles. The molecule has 11 heteroatoms. The van der Waals surface area contributed by atoms with Crippen molar-refractivity contribution in [2.45, 2.75) is 25.7 Å². The predicted octanol–water partition coefficient (Wildman–Crippen LogP) is 4.09. The third-order valence-electron chi connectivity index (χ3n) is 4.51. The van der Waals surface area contributed by atoms with Crippen LogP contribution in [-0.4, -0.2) is 43.0 Å². The molecule has 1 N–H and O–H groups in total. The van der Waals surface area contributed by atoms with Crippen LogP contribution < -0.4 is 14.8 Å². The average molecular weight is 441 g/mol. The number of anilines is 1. The Labute approximate surface area is 176 Å². The Morgan fingerprint density at radius 2 is 1.81 bits per heavy atom. The van der Waals surface area contributed by atoms with E-state index in [0.29, 0.717) is 17.6 Å². The van der Waals surface area contributed by atoms with Gasteiger partial charge in [0.25, 0.3) is 5.69 Å². The first-order valence-corrected chi connectivity index (χ1v) is 9.06. The second-order valence-electron chi connectivity index (χ2n) is 6.74. The molecule has 0 aliphatic heterocycles. The summed E-state index contributed by atoms with van der Waals surface area (Å²) in [6, 6.07) is 6.33. The van der Waals surface area contributed by atoms with Crippen molar-refractivity contribution in [3.8, 4) is 11.5 Å². The molecule has 0 bridgehead atoms. The summed E-state index contributed by atoms with van der Waals surface area (Å²) in [5.41, 5.74) is -1.34. The van der Waals surface area contributed by atoms with E-state index in [9.17, 15) is 28.1 Å². The van der Waals surface area contributed by atoms with Gasteiger partial charge in [-0.1, -0.05) is 6.07 Å². The molecule has 0 saturated carbocycles. The first-order valence-electron chi connectivity index (χ1n) is 9.06. The van der Waals surface area contributed by atoms with Crippen molar-refractivity contribution in [2.24, 2.45) is 0 Å². The molecule has 8 nitrogen and oxygen atoms in total. The number of benzene rings is 2. The summed E-state index contributed by atoms with van der Waals surface area (Å²) in [4.78, 5) is 24.4. The molecule has 0 unspecified atom stereocenters. The van der Waals surface area contributed by atoms with Gasteiger partial charge in [-0.05, 0) is 36.8 Å². The number of ether oxygens (including phenoxy) is 2. The third kappa shape index (κ3) is 5.77. The average Bonchev–Trinajstić information content (AvgIpc) is 2.72. The summed E-state index contributed by atoms with van der Waals surface area (Å²) in [6.07, 6.45) is -4.72. The second kappa shape index (κ2) is 9.54. The highest BCUT2D eigenvalue weighted by Crippen LogP contribution is 2.35. The fraction of sp³-hybridized carbons (Fsp3) is 0.350. The highest BCUT2D eigenvalue weighted by atomic mass is 19.4. The van der Waals surface area contributed by atoms with Crippen molar-refractivity contribution in [3.05, 3.63) is 57.6 Å². The largest absolute Gasteiger partial charge is 0.493 e. The Bertz CT molecular complexity index is 966. The minimum atomic E-state index is -4.72. The molecule has 0 radical (unpaired) electrons. The van der Waals surface area contributed by atoms with Gasteiger partial charge >= 0.3 is 6.18 Å². The lowest BCUT2D eigenvalue weighted by molar-refractivity contribution is -0.384. The molecule has 1 amide bonds. The lowest BCUT2D eigenvalue weighted by atomic mass is 10.1. The summed E-state index contributed by atoms with van der Waals surface area (Å²) < 4.78 is 48.9. The second-order valence-corrected chi connectivity index (χ2v) is 6.74. The molecule has 2 rings (SSSR count). The SMILES string of the molecule is COc1ccc(CN(C)C(=O)[C@H](C)Nc2ccc(C(F)(F)F)cc2[N+](=O)[O-])cc1OC. The zero-order valence-electron chi connectivity index (χ0n) is 17.3. The smallest absolute Gasteiger partial charge is 0.416 e. The van der Waals surface area contributed by atoms with E-state index in [1.165, 1.54) is 26.0 Å². The van der Waals surface area contributed by atoms with Gasteiger partial charge in [-0.2, -0.15) is 13.2 Å². The van der Waals surface area contributed by atoms with Gasteiger partial charge in [0.05, 0.1) is 24.7 Å². The van der Waals surface area contributed by atoms with Crippen LogP contribution in [0.4, 0.5) is 24.5 Å². The lowest BCUT2D eigenvalue weighted by Crippen LogP contribution is -2.38. The number of hydrogen-bond donors (Lipinski definition) is 1. The van der Waals surface area contributed by atoms with Gasteiger partial charge in [0.15, 0.2) is 11.5 Å². The van der Waals surface area contributed by atoms with Crippen LogP contribution in [0, 0.1) is 10.1 Å². The number of hydrogen-bond acceptors (Lipinski definition) is 6. The fourth-order valence-electron chi connectivity index (χ4n) is 2.94. The van der Waals surface area contributed by atoms with E-state index < -0.39 is 34.3 Å². The zero-order valence-corrected chi connectivity index (χ0v) is 17.3. The third-order valence-corrected chi connectivity index (χ3v) is 4.51. The van der Waals surface area contributed by atoms with Crippen LogP contribution in [0.1, 0.15) is 18.1 Å². The number of alkyl halides is 3. The summed E-state index contributed by atoms with van der Waals surface area (Å²) in [5.74, 6) is 0.612. The fourth-order valence-corrected chi connectivity index (χ4v) is 2.94. The predicted molar refractivity (Wildman–Crippen MR) is 107 cm³/mol. The van der Waals surface area contributed by atoms with Crippen molar-refractivity contribution in [3.63, 3.8) is 0 Å². The van der Waals surface area contributed by atoms with Crippen molar-refractivity contribution >= 4 is 17.3 Å². The molecule has 0 aliphatic rings. The van der Waals surface area contributed by atoms with E-state index in [1.54, 1.807) is 25.2 Å². The van der Waals surface area contributed by atoms with Crippen LogP contribution in [0.5, 0.6) is 11.5 Å². The molecule has 2 aromatic rings. The number of halogens is 3. The molecule has 0 heterocycles. The number of carbonyl (C=O) groups is 1. The van der Waals surface area contributed by atoms with Crippen LogP contribution in [0.3, 0.4) is 0 Å². The van der Waals surface area contributed by atoms with E-state index in [2.05, 4.69) is 5.32 Å². The quantitative estimate of drug-likeness (QED) is 0.490. The molecule has 0 fully saturated rings. The summed E-state index contributed by atoms with van der Waals surface area (Å²) in [6.45, 7) is 1.68. The van der Waals surface area contributed by atoms with Crippen molar-refractivity contribution in [1.82, 2.24) is 4.90 Å². The Hall–Kier alpha value is -3.50. The molecule has 0 spiro atoms. The number of methoxy groups -OCH3 is 2. The maximum Gasteiger partial charge on any atom is 0.416 e. The Balaban J connectivity index is 2.15. The van der Waals surface area contributed by atoms with Gasteiger partial charge in [-0.3, -0.25) is 14.9 Å². The summed E-state index contributed by atoms with van der Waals surface area (Å²) >= 11 is 0. The van der Waals surface area contributed by atoms with Gasteiger partial charge in [0.1, 0.15) is 11.7 Å². The highest BCUT2D eigenvalue weighted by Gasteiger charge is 2.33. The minimum Gasteiger partial charge on any atom is -0.493 e. The monoisotopic (exact) mass is 441 g/mol. The molecule has 168 valence electrons. The number of carbonyl (C=O) groups excluding carboxylic acids is 1. The van der Waals surface area contributed by atoms with Gasteiger partial charge in [-0.25, -0.2) is 0 Å². The highest BCUT2D eigenvalue weighted by molar-refractivity contribution is 5.85. The molecule has 0 aromatic heterocycles. The van der Waals surface area contributed by atoms with Gasteiger partial charge in [0.2, 0.25) is 5.91 Å². The molecular weight excluding hydrogens is 419 g/mol. The van der Waals surface area contributed by atoms with Crippen LogP contribution >= 0.6 is 0 Å². The van der Waals surface area contributed by atoms with Crippen LogP contribution in [0.2, 0.25) is 0 Å². The first-order chi connectivity index (χ1) is 14.5. The number of nitrogens with one attached hydrogen (secondary N) is 1. The maximum atomic E-state index is 12.8. The van der Waals surface area contributed by atoms with E-state index in [-0.39, 0.29) is 12.2 Å². The molecule has 1 atom stereocenters. The lowest BCUT2D eigenvalue weighted by Gasteiger charge is -2.23. The van der Waals surface area contributed by atoms with E-state index in [1.807, 2.05) is 0 Å². The molecule has 31 heavy (non-hydrogen) atoms. The van der Waals surface area contributed by atoms with Crippen LogP contribution in [0.25, 0.3) is 0 Å². The van der Waals surface area contributed by atoms with E-state index >= 15 is 0 Å². The normalized spacial score (nSPS) is 12.1.